The molecule has 0 heterocycles. The van der Waals surface area contributed by atoms with Crippen LogP contribution in [-0.2, 0) is 16.6 Å². The van der Waals surface area contributed by atoms with Crippen molar-refractivity contribution in [3.63, 3.8) is 0 Å². The van der Waals surface area contributed by atoms with E-state index in [9.17, 15) is 9.90 Å². The normalized spacial score (nSPS) is 24.3. The number of aliphatic carboxylic acids is 1. The van der Waals surface area contributed by atoms with Crippen LogP contribution < -0.4 is 0 Å². The molecule has 1 N–H and O–H groups in total. The van der Waals surface area contributed by atoms with Gasteiger partial charge in [0, 0.05) is 0 Å². The van der Waals surface area contributed by atoms with Gasteiger partial charge in [-0.1, -0.05) is 30.3 Å². The minimum Gasteiger partial charge on any atom is -0.480 e. The Morgan fingerprint density at radius 1 is 1.47 bits per heavy atom. The van der Waals surface area contributed by atoms with Gasteiger partial charge in [0.05, 0.1) is 0 Å². The summed E-state index contributed by atoms with van der Waals surface area (Å²) in [6.45, 7) is 3.70. The molecule has 1 aliphatic carbocycles. The number of carboxylic acid groups (broad SMARTS) is 1. The molecule has 0 amide bonds. The lowest BCUT2D eigenvalue weighted by Gasteiger charge is -2.32. The fourth-order valence-corrected chi connectivity index (χ4v) is 2.39. The van der Waals surface area contributed by atoms with Crippen molar-refractivity contribution in [3.05, 3.63) is 48.0 Å². The van der Waals surface area contributed by atoms with Crippen LogP contribution in [0.2, 0.25) is 0 Å². The van der Waals surface area contributed by atoms with Crippen LogP contribution >= 0.6 is 0 Å². The van der Waals surface area contributed by atoms with Crippen molar-refractivity contribution >= 4 is 5.97 Å². The van der Waals surface area contributed by atoms with E-state index >= 15 is 0 Å². The molecular formula is C13H14O2. The summed E-state index contributed by atoms with van der Waals surface area (Å²) < 4.78 is 0. The molecule has 2 nitrogen and oxygen atoms in total. The van der Waals surface area contributed by atoms with Gasteiger partial charge in [-0.2, -0.15) is 0 Å². The molecule has 15 heavy (non-hydrogen) atoms. The average molecular weight is 202 g/mol. The first-order valence-electron chi connectivity index (χ1n) is 5.16. The predicted molar refractivity (Wildman–Crippen MR) is 58.9 cm³/mol. The summed E-state index contributed by atoms with van der Waals surface area (Å²) in [6.07, 6.45) is 4.12. The maximum Gasteiger partial charge on any atom is 0.318 e. The molecule has 0 fully saturated rings. The molecule has 0 aliphatic heterocycles. The third kappa shape index (κ3) is 1.37. The van der Waals surface area contributed by atoms with Gasteiger partial charge in [0.1, 0.15) is 5.41 Å². The van der Waals surface area contributed by atoms with Crippen molar-refractivity contribution in [2.24, 2.45) is 0 Å². The van der Waals surface area contributed by atoms with Crippen LogP contribution in [0, 0.1) is 0 Å². The monoisotopic (exact) mass is 202 g/mol. The molecule has 2 heteroatoms. The Balaban J connectivity index is 2.62. The number of hydrogen-bond donors (Lipinski definition) is 1. The summed E-state index contributed by atoms with van der Waals surface area (Å²) in [5.41, 5.74) is 1.19. The van der Waals surface area contributed by atoms with Gasteiger partial charge in [-0.05, 0) is 30.4 Å². The lowest BCUT2D eigenvalue weighted by Crippen LogP contribution is -2.37. The number of fused-ring (bicyclic) bond motifs is 1. The Kier molecular flexibility index (Phi) is 2.35. The topological polar surface area (TPSA) is 37.3 Å². The average Bonchev–Trinajstić information content (AvgIpc) is 2.28. The summed E-state index contributed by atoms with van der Waals surface area (Å²) in [6, 6.07) is 7.77. The van der Waals surface area contributed by atoms with Crippen LogP contribution in [0.15, 0.2) is 36.9 Å². The van der Waals surface area contributed by atoms with Crippen LogP contribution in [0.5, 0.6) is 0 Å². The Morgan fingerprint density at radius 2 is 2.20 bits per heavy atom. The highest BCUT2D eigenvalue weighted by Gasteiger charge is 2.40. The molecule has 1 aliphatic rings. The Bertz CT molecular complexity index is 409. The summed E-state index contributed by atoms with van der Waals surface area (Å²) in [7, 11) is 0. The second-order valence-corrected chi connectivity index (χ2v) is 3.99. The fraction of sp³-hybridized carbons (Fsp3) is 0.308. The molecule has 0 unspecified atom stereocenters. The summed E-state index contributed by atoms with van der Waals surface area (Å²) in [5.74, 6) is -0.787. The third-order valence-electron chi connectivity index (χ3n) is 3.25. The van der Waals surface area contributed by atoms with E-state index in [0.717, 1.165) is 24.0 Å². The fourth-order valence-electron chi connectivity index (χ4n) is 2.39. The molecule has 1 aromatic rings. The van der Waals surface area contributed by atoms with Crippen LogP contribution in [-0.4, -0.2) is 11.1 Å². The van der Waals surface area contributed by atoms with E-state index in [0.29, 0.717) is 6.42 Å². The van der Waals surface area contributed by atoms with Gasteiger partial charge < -0.3 is 5.11 Å². The van der Waals surface area contributed by atoms with E-state index in [1.807, 2.05) is 24.3 Å². The van der Waals surface area contributed by atoms with E-state index in [2.05, 4.69) is 6.58 Å². The van der Waals surface area contributed by atoms with Crippen molar-refractivity contribution in [1.29, 1.82) is 0 Å². The number of carbonyl (C=O) groups is 1. The molecular weight excluding hydrogens is 188 g/mol. The molecule has 2 rings (SSSR count). The molecule has 78 valence electrons. The zero-order chi connectivity index (χ0) is 10.9. The predicted octanol–water partition coefficient (Wildman–Crippen LogP) is 2.53. The number of carboxylic acids is 1. The molecule has 0 saturated carbocycles. The molecule has 0 spiro atoms. The van der Waals surface area contributed by atoms with Gasteiger partial charge in [-0.25, -0.2) is 0 Å². The van der Waals surface area contributed by atoms with Gasteiger partial charge in [0.2, 0.25) is 0 Å². The van der Waals surface area contributed by atoms with Gasteiger partial charge in [0.15, 0.2) is 0 Å². The molecule has 0 saturated heterocycles. The first-order valence-corrected chi connectivity index (χ1v) is 5.16. The highest BCUT2D eigenvalue weighted by Crippen LogP contribution is 2.38. The van der Waals surface area contributed by atoms with Gasteiger partial charge in [-0.3, -0.25) is 4.79 Å². The maximum atomic E-state index is 11.4. The zero-order valence-electron chi connectivity index (χ0n) is 8.57. The van der Waals surface area contributed by atoms with Crippen LogP contribution in [0.3, 0.4) is 0 Å². The quantitative estimate of drug-likeness (QED) is 0.748. The Labute approximate surface area is 89.2 Å². The number of rotatable bonds is 2. The van der Waals surface area contributed by atoms with E-state index < -0.39 is 11.4 Å². The summed E-state index contributed by atoms with van der Waals surface area (Å²) in [4.78, 5) is 11.4. The van der Waals surface area contributed by atoms with E-state index in [-0.39, 0.29) is 0 Å². The van der Waals surface area contributed by atoms with Crippen LogP contribution in [0.25, 0.3) is 0 Å². The minimum atomic E-state index is -0.866. The first-order chi connectivity index (χ1) is 7.20. The highest BCUT2D eigenvalue weighted by molar-refractivity contribution is 5.84. The smallest absolute Gasteiger partial charge is 0.318 e. The molecule has 1 aromatic carbocycles. The standard InChI is InChI=1S/C13H14O2/c1-2-13(12(14)15)9-5-7-10-6-3-4-8-11(10)13/h2-4,6,8H,1,5,7,9H2,(H,14,15)/t13-/m1/s1. The summed E-state index contributed by atoms with van der Waals surface area (Å²) >= 11 is 0. The molecule has 1 atom stereocenters. The van der Waals surface area contributed by atoms with Crippen LogP contribution in [0.4, 0.5) is 0 Å². The van der Waals surface area contributed by atoms with Crippen molar-refractivity contribution in [3.8, 4) is 0 Å². The van der Waals surface area contributed by atoms with Crippen LogP contribution in [0.1, 0.15) is 24.0 Å². The van der Waals surface area contributed by atoms with Gasteiger partial charge >= 0.3 is 5.97 Å². The van der Waals surface area contributed by atoms with Crippen molar-refractivity contribution < 1.29 is 9.90 Å². The largest absolute Gasteiger partial charge is 0.480 e. The lowest BCUT2D eigenvalue weighted by molar-refractivity contribution is -0.142. The first kappa shape index (κ1) is 9.97. The maximum absolute atomic E-state index is 11.4. The molecule has 0 aromatic heterocycles. The highest BCUT2D eigenvalue weighted by atomic mass is 16.4. The van der Waals surface area contributed by atoms with Crippen molar-refractivity contribution in [1.82, 2.24) is 0 Å². The Hall–Kier alpha value is -1.57. The lowest BCUT2D eigenvalue weighted by atomic mass is 9.70. The van der Waals surface area contributed by atoms with E-state index in [4.69, 9.17) is 0 Å². The van der Waals surface area contributed by atoms with E-state index in [1.54, 1.807) is 6.08 Å². The SMILES string of the molecule is C=C[C@@]1(C(=O)O)CCCc2ccccc21. The molecule has 0 bridgehead atoms. The number of benzene rings is 1. The number of hydrogen-bond acceptors (Lipinski definition) is 1. The zero-order valence-corrected chi connectivity index (χ0v) is 8.57. The summed E-state index contributed by atoms with van der Waals surface area (Å²) in [5, 5.41) is 9.36. The van der Waals surface area contributed by atoms with E-state index in [1.165, 1.54) is 0 Å². The Morgan fingerprint density at radius 3 is 2.87 bits per heavy atom. The van der Waals surface area contributed by atoms with Gasteiger partial charge in [-0.15, -0.1) is 6.58 Å². The van der Waals surface area contributed by atoms with Gasteiger partial charge in [0.25, 0.3) is 0 Å². The third-order valence-corrected chi connectivity index (χ3v) is 3.25. The molecule has 0 radical (unpaired) electrons. The number of aryl methyl sites for hydroxylation is 1. The minimum absolute atomic E-state index is 0.656. The second kappa shape index (κ2) is 3.54. The second-order valence-electron chi connectivity index (χ2n) is 3.99. The van der Waals surface area contributed by atoms with Crippen molar-refractivity contribution in [2.75, 3.05) is 0 Å². The van der Waals surface area contributed by atoms with Crippen molar-refractivity contribution in [2.45, 2.75) is 24.7 Å².